The number of hydrogen-bond acceptors (Lipinski definition) is 7. The number of Topliss-reactive ketones (excluding diaryl/α,β-unsaturated/α-hetero) is 1. The zero-order valence-electron chi connectivity index (χ0n) is 17.3. The molecule has 1 heterocycles. The zero-order chi connectivity index (χ0) is 21.0. The highest BCUT2D eigenvalue weighted by molar-refractivity contribution is 6.14. The maximum absolute atomic E-state index is 12.7. The number of ether oxygens (including phenoxy) is 5. The van der Waals surface area contributed by atoms with Crippen LogP contribution in [0.5, 0.6) is 28.7 Å². The minimum Gasteiger partial charge on any atom is -0.493 e. The van der Waals surface area contributed by atoms with Crippen molar-refractivity contribution in [1.82, 2.24) is 4.90 Å². The molecule has 1 aliphatic rings. The maximum Gasteiger partial charge on any atom is 0.231 e. The fraction of sp³-hybridized carbons (Fsp3) is 0.318. The summed E-state index contributed by atoms with van der Waals surface area (Å²) in [5.41, 5.74) is 1.20. The van der Waals surface area contributed by atoms with Crippen molar-refractivity contribution in [3.8, 4) is 28.7 Å². The third-order valence-corrected chi connectivity index (χ3v) is 4.43. The van der Waals surface area contributed by atoms with E-state index in [1.807, 2.05) is 19.0 Å². The van der Waals surface area contributed by atoms with Gasteiger partial charge in [0.25, 0.3) is 0 Å². The molecule has 7 nitrogen and oxygen atoms in total. The number of ketones is 1. The van der Waals surface area contributed by atoms with Crippen LogP contribution in [0.25, 0.3) is 6.08 Å². The Kier molecular flexibility index (Phi) is 6.29. The van der Waals surface area contributed by atoms with Crippen molar-refractivity contribution in [3.05, 3.63) is 47.2 Å². The summed E-state index contributed by atoms with van der Waals surface area (Å²) in [4.78, 5) is 14.8. The van der Waals surface area contributed by atoms with Crippen molar-refractivity contribution >= 4 is 11.9 Å². The first kappa shape index (κ1) is 20.5. The second kappa shape index (κ2) is 8.87. The third kappa shape index (κ3) is 4.46. The highest BCUT2D eigenvalue weighted by atomic mass is 16.5. The highest BCUT2D eigenvalue weighted by Gasteiger charge is 2.28. The molecule has 1 aliphatic heterocycles. The SMILES string of the molecule is COc1cc(/C=C2\Oc3cc(OCCN(C)C)ccc3C2=O)cc(OC)c1OC. The van der Waals surface area contributed by atoms with Crippen LogP contribution in [0.4, 0.5) is 0 Å². The topological polar surface area (TPSA) is 66.5 Å². The molecule has 2 aromatic rings. The van der Waals surface area contributed by atoms with Crippen LogP contribution in [0.2, 0.25) is 0 Å². The molecule has 0 saturated carbocycles. The van der Waals surface area contributed by atoms with E-state index in [1.165, 1.54) is 7.11 Å². The molecule has 7 heteroatoms. The Morgan fingerprint density at radius 3 is 2.28 bits per heavy atom. The number of carbonyl (C=O) groups is 1. The molecule has 29 heavy (non-hydrogen) atoms. The van der Waals surface area contributed by atoms with E-state index < -0.39 is 0 Å². The number of hydrogen-bond donors (Lipinski definition) is 0. The number of fused-ring (bicyclic) bond motifs is 1. The Morgan fingerprint density at radius 1 is 1.00 bits per heavy atom. The van der Waals surface area contributed by atoms with Crippen LogP contribution < -0.4 is 23.7 Å². The summed E-state index contributed by atoms with van der Waals surface area (Å²) in [5, 5.41) is 0. The molecule has 154 valence electrons. The summed E-state index contributed by atoms with van der Waals surface area (Å²) in [6.07, 6.45) is 1.65. The number of likely N-dealkylation sites (N-methyl/N-ethyl adjacent to an activating group) is 1. The van der Waals surface area contributed by atoms with Gasteiger partial charge in [-0.15, -0.1) is 0 Å². The summed E-state index contributed by atoms with van der Waals surface area (Å²) in [6.45, 7) is 1.34. The highest BCUT2D eigenvalue weighted by Crippen LogP contribution is 2.40. The van der Waals surface area contributed by atoms with Crippen LogP contribution in [0.3, 0.4) is 0 Å². The summed E-state index contributed by atoms with van der Waals surface area (Å²) in [6, 6.07) is 8.74. The molecule has 0 N–H and O–H groups in total. The van der Waals surface area contributed by atoms with Crippen LogP contribution >= 0.6 is 0 Å². The molecule has 0 radical (unpaired) electrons. The quantitative estimate of drug-likeness (QED) is 0.631. The second-order valence-corrected chi connectivity index (χ2v) is 6.71. The molecule has 0 unspecified atom stereocenters. The van der Waals surface area contributed by atoms with Crippen molar-refractivity contribution in [2.24, 2.45) is 0 Å². The third-order valence-electron chi connectivity index (χ3n) is 4.43. The molecule has 0 saturated heterocycles. The molecular weight excluding hydrogens is 374 g/mol. The molecule has 2 aromatic carbocycles. The summed E-state index contributed by atoms with van der Waals surface area (Å²) >= 11 is 0. The molecular formula is C22H25NO6. The van der Waals surface area contributed by atoms with Gasteiger partial charge in [0.1, 0.15) is 18.1 Å². The molecule has 0 amide bonds. The summed E-state index contributed by atoms with van der Waals surface area (Å²) in [5.74, 6) is 2.66. The fourth-order valence-corrected chi connectivity index (χ4v) is 2.94. The standard InChI is InChI=1S/C22H25NO6/c1-23(2)8-9-28-15-6-7-16-17(13-15)29-18(21(16)24)10-14-11-19(25-3)22(27-5)20(12-14)26-4/h6-7,10-13H,8-9H2,1-5H3/b18-10-. The first-order chi connectivity index (χ1) is 14.0. The minimum atomic E-state index is -0.186. The van der Waals surface area contributed by atoms with E-state index >= 15 is 0 Å². The van der Waals surface area contributed by atoms with Crippen LogP contribution in [0.15, 0.2) is 36.1 Å². The predicted molar refractivity (Wildman–Crippen MR) is 110 cm³/mol. The number of allylic oxidation sites excluding steroid dienone is 1. The van der Waals surface area contributed by atoms with Gasteiger partial charge in [-0.3, -0.25) is 4.79 Å². The molecule has 0 aromatic heterocycles. The Morgan fingerprint density at radius 2 is 1.69 bits per heavy atom. The van der Waals surface area contributed by atoms with E-state index in [-0.39, 0.29) is 11.5 Å². The van der Waals surface area contributed by atoms with E-state index in [0.717, 1.165) is 6.54 Å². The van der Waals surface area contributed by atoms with E-state index in [1.54, 1.807) is 50.6 Å². The molecule has 0 aliphatic carbocycles. The van der Waals surface area contributed by atoms with Crippen LogP contribution in [-0.2, 0) is 0 Å². The van der Waals surface area contributed by atoms with Crippen LogP contribution in [0.1, 0.15) is 15.9 Å². The molecule has 0 spiro atoms. The Bertz CT molecular complexity index is 910. The van der Waals surface area contributed by atoms with Gasteiger partial charge in [0.15, 0.2) is 17.3 Å². The smallest absolute Gasteiger partial charge is 0.231 e. The molecule has 0 bridgehead atoms. The van der Waals surface area contributed by atoms with Gasteiger partial charge in [-0.05, 0) is 50.0 Å². The lowest BCUT2D eigenvalue weighted by Gasteiger charge is -2.13. The first-order valence-corrected chi connectivity index (χ1v) is 9.12. The lowest BCUT2D eigenvalue weighted by atomic mass is 10.1. The summed E-state index contributed by atoms with van der Waals surface area (Å²) < 4.78 is 27.6. The molecule has 0 fully saturated rings. The van der Waals surface area contributed by atoms with Gasteiger partial charge in [0.2, 0.25) is 11.5 Å². The Hall–Kier alpha value is -3.19. The lowest BCUT2D eigenvalue weighted by Crippen LogP contribution is -2.19. The number of rotatable bonds is 8. The zero-order valence-corrected chi connectivity index (χ0v) is 17.3. The molecule has 3 rings (SSSR count). The van der Waals surface area contributed by atoms with E-state index in [9.17, 15) is 4.79 Å². The van der Waals surface area contributed by atoms with E-state index in [2.05, 4.69) is 0 Å². The van der Waals surface area contributed by atoms with Gasteiger partial charge in [0.05, 0.1) is 26.9 Å². The molecule has 0 atom stereocenters. The maximum atomic E-state index is 12.7. The van der Waals surface area contributed by atoms with Crippen LogP contribution in [-0.4, -0.2) is 59.3 Å². The Labute approximate surface area is 170 Å². The van der Waals surface area contributed by atoms with Crippen molar-refractivity contribution in [2.45, 2.75) is 0 Å². The minimum absolute atomic E-state index is 0.186. The second-order valence-electron chi connectivity index (χ2n) is 6.71. The van der Waals surface area contributed by atoms with Gasteiger partial charge in [-0.25, -0.2) is 0 Å². The fourth-order valence-electron chi connectivity index (χ4n) is 2.94. The van der Waals surface area contributed by atoms with Gasteiger partial charge >= 0.3 is 0 Å². The largest absolute Gasteiger partial charge is 0.493 e. The number of nitrogens with zero attached hydrogens (tertiary/aromatic N) is 1. The normalized spacial score (nSPS) is 14.0. The average Bonchev–Trinajstić information content (AvgIpc) is 3.01. The number of carbonyl (C=O) groups excluding carboxylic acids is 1. The van der Waals surface area contributed by atoms with Crippen molar-refractivity contribution in [3.63, 3.8) is 0 Å². The van der Waals surface area contributed by atoms with E-state index in [0.29, 0.717) is 46.5 Å². The number of methoxy groups -OCH3 is 3. The average molecular weight is 399 g/mol. The summed E-state index contributed by atoms with van der Waals surface area (Å²) in [7, 11) is 8.58. The van der Waals surface area contributed by atoms with Gasteiger partial charge in [-0.1, -0.05) is 0 Å². The van der Waals surface area contributed by atoms with E-state index in [4.69, 9.17) is 23.7 Å². The van der Waals surface area contributed by atoms with Crippen LogP contribution in [0, 0.1) is 0 Å². The van der Waals surface area contributed by atoms with Gasteiger partial charge < -0.3 is 28.6 Å². The van der Waals surface area contributed by atoms with Crippen molar-refractivity contribution in [1.29, 1.82) is 0 Å². The van der Waals surface area contributed by atoms with Crippen molar-refractivity contribution < 1.29 is 28.5 Å². The number of benzene rings is 2. The monoisotopic (exact) mass is 399 g/mol. The van der Waals surface area contributed by atoms with Gasteiger partial charge in [-0.2, -0.15) is 0 Å². The van der Waals surface area contributed by atoms with Crippen molar-refractivity contribution in [2.75, 3.05) is 48.6 Å². The lowest BCUT2D eigenvalue weighted by molar-refractivity contribution is 0.101. The predicted octanol–water partition coefficient (Wildman–Crippen LogP) is 3.27. The first-order valence-electron chi connectivity index (χ1n) is 9.12. The van der Waals surface area contributed by atoms with Gasteiger partial charge in [0, 0.05) is 12.6 Å². The Balaban J connectivity index is 1.85.